The van der Waals surface area contributed by atoms with E-state index in [0.717, 1.165) is 25.5 Å². The van der Waals surface area contributed by atoms with Crippen LogP contribution >= 0.6 is 27.3 Å². The second kappa shape index (κ2) is 5.88. The Bertz CT molecular complexity index is 584. The maximum Gasteiger partial charge on any atom is 0.265 e. The van der Waals surface area contributed by atoms with E-state index in [1.807, 2.05) is 31.2 Å². The van der Waals surface area contributed by atoms with Gasteiger partial charge in [-0.05, 0) is 52.0 Å². The van der Waals surface area contributed by atoms with Crippen molar-refractivity contribution in [2.75, 3.05) is 5.32 Å². The van der Waals surface area contributed by atoms with E-state index in [0.29, 0.717) is 5.92 Å². The molecule has 1 aromatic carbocycles. The molecule has 1 amide bonds. The summed E-state index contributed by atoms with van der Waals surface area (Å²) in [5.41, 5.74) is 3.14. The summed E-state index contributed by atoms with van der Waals surface area (Å²) in [4.78, 5) is 13.0. The molecule has 0 spiro atoms. The lowest BCUT2D eigenvalue weighted by Gasteiger charge is -2.12. The van der Waals surface area contributed by atoms with Crippen LogP contribution in [0.1, 0.15) is 40.6 Å². The van der Waals surface area contributed by atoms with Gasteiger partial charge in [-0.3, -0.25) is 4.79 Å². The number of carbonyl (C=O) groups excluding carboxylic acids is 1. The largest absolute Gasteiger partial charge is 0.321 e. The average Bonchev–Trinajstić information content (AvgIpc) is 2.70. The van der Waals surface area contributed by atoms with Crippen LogP contribution in [0.25, 0.3) is 0 Å². The Labute approximate surface area is 126 Å². The minimum absolute atomic E-state index is 0.0492. The SMILES string of the molecule is Cc1cc(C(=O)Nc2ccccc2C(C)C)sc1Br. The zero-order valence-electron chi connectivity index (χ0n) is 11.2. The molecule has 100 valence electrons. The van der Waals surface area contributed by atoms with Crippen LogP contribution in [0, 0.1) is 6.92 Å². The van der Waals surface area contributed by atoms with Crippen molar-refractivity contribution in [3.8, 4) is 0 Å². The lowest BCUT2D eigenvalue weighted by molar-refractivity contribution is 0.103. The van der Waals surface area contributed by atoms with E-state index in [1.165, 1.54) is 11.3 Å². The van der Waals surface area contributed by atoms with Crippen molar-refractivity contribution in [1.82, 2.24) is 0 Å². The van der Waals surface area contributed by atoms with Crippen LogP contribution in [0.15, 0.2) is 34.1 Å². The van der Waals surface area contributed by atoms with E-state index in [1.54, 1.807) is 0 Å². The number of hydrogen-bond acceptors (Lipinski definition) is 2. The molecule has 1 aromatic heterocycles. The predicted octanol–water partition coefficient (Wildman–Crippen LogP) is 5.19. The number of nitrogens with one attached hydrogen (secondary N) is 1. The molecule has 1 N–H and O–H groups in total. The maximum atomic E-state index is 12.2. The highest BCUT2D eigenvalue weighted by molar-refractivity contribution is 9.11. The van der Waals surface area contributed by atoms with Gasteiger partial charge in [-0.15, -0.1) is 11.3 Å². The van der Waals surface area contributed by atoms with Crippen molar-refractivity contribution in [3.63, 3.8) is 0 Å². The van der Waals surface area contributed by atoms with Crippen LogP contribution in [0.4, 0.5) is 5.69 Å². The molecule has 0 aliphatic carbocycles. The van der Waals surface area contributed by atoms with Crippen molar-refractivity contribution in [1.29, 1.82) is 0 Å². The van der Waals surface area contributed by atoms with Gasteiger partial charge in [0.15, 0.2) is 0 Å². The van der Waals surface area contributed by atoms with Crippen LogP contribution in [-0.4, -0.2) is 5.91 Å². The Balaban J connectivity index is 2.24. The number of para-hydroxylation sites is 1. The van der Waals surface area contributed by atoms with Crippen LogP contribution < -0.4 is 5.32 Å². The average molecular weight is 338 g/mol. The van der Waals surface area contributed by atoms with Gasteiger partial charge in [-0.25, -0.2) is 0 Å². The standard InChI is InChI=1S/C15H16BrNOS/c1-9(2)11-6-4-5-7-12(11)17-15(18)13-8-10(3)14(16)19-13/h4-9H,1-3H3,(H,17,18). The van der Waals surface area contributed by atoms with Crippen molar-refractivity contribution in [2.24, 2.45) is 0 Å². The zero-order valence-corrected chi connectivity index (χ0v) is 13.6. The smallest absolute Gasteiger partial charge is 0.265 e. The fourth-order valence-electron chi connectivity index (χ4n) is 1.87. The highest BCUT2D eigenvalue weighted by atomic mass is 79.9. The minimum atomic E-state index is -0.0492. The van der Waals surface area contributed by atoms with Crippen LogP contribution in [0.3, 0.4) is 0 Å². The van der Waals surface area contributed by atoms with Crippen molar-refractivity contribution >= 4 is 38.9 Å². The third kappa shape index (κ3) is 3.25. The Morgan fingerprint density at radius 3 is 2.58 bits per heavy atom. The number of hydrogen-bond donors (Lipinski definition) is 1. The molecule has 0 aliphatic rings. The molecule has 0 saturated carbocycles. The first-order valence-electron chi connectivity index (χ1n) is 6.15. The summed E-state index contributed by atoms with van der Waals surface area (Å²) in [5.74, 6) is 0.334. The lowest BCUT2D eigenvalue weighted by Crippen LogP contribution is -2.12. The van der Waals surface area contributed by atoms with Crippen molar-refractivity contribution in [2.45, 2.75) is 26.7 Å². The maximum absolute atomic E-state index is 12.2. The van der Waals surface area contributed by atoms with Crippen molar-refractivity contribution in [3.05, 3.63) is 50.1 Å². The molecule has 2 aromatic rings. The number of rotatable bonds is 3. The first-order valence-corrected chi connectivity index (χ1v) is 7.76. The number of amides is 1. The Kier molecular flexibility index (Phi) is 4.42. The number of benzene rings is 1. The molecule has 19 heavy (non-hydrogen) atoms. The zero-order chi connectivity index (χ0) is 14.0. The fraction of sp³-hybridized carbons (Fsp3) is 0.267. The Morgan fingerprint density at radius 2 is 2.00 bits per heavy atom. The normalized spacial score (nSPS) is 10.8. The lowest BCUT2D eigenvalue weighted by atomic mass is 10.0. The molecular formula is C15H16BrNOS. The number of anilines is 1. The highest BCUT2D eigenvalue weighted by Gasteiger charge is 2.13. The van der Waals surface area contributed by atoms with E-state index >= 15 is 0 Å². The Morgan fingerprint density at radius 1 is 1.32 bits per heavy atom. The third-order valence-corrected chi connectivity index (χ3v) is 5.05. The summed E-state index contributed by atoms with van der Waals surface area (Å²) in [6.45, 7) is 6.23. The van der Waals surface area contributed by atoms with Crippen LogP contribution in [0.2, 0.25) is 0 Å². The van der Waals surface area contributed by atoms with Gasteiger partial charge in [0.05, 0.1) is 8.66 Å². The second-order valence-electron chi connectivity index (χ2n) is 4.76. The summed E-state index contributed by atoms with van der Waals surface area (Å²) >= 11 is 4.91. The molecule has 0 aliphatic heterocycles. The summed E-state index contributed by atoms with van der Waals surface area (Å²) in [6, 6.07) is 9.84. The van der Waals surface area contributed by atoms with Gasteiger partial charge in [0.25, 0.3) is 5.91 Å². The van der Waals surface area contributed by atoms with Gasteiger partial charge in [-0.1, -0.05) is 32.0 Å². The third-order valence-electron chi connectivity index (χ3n) is 2.91. The fourth-order valence-corrected chi connectivity index (χ4v) is 3.30. The molecule has 0 radical (unpaired) electrons. The van der Waals surface area contributed by atoms with Gasteiger partial charge < -0.3 is 5.32 Å². The van der Waals surface area contributed by atoms with Crippen molar-refractivity contribution < 1.29 is 4.79 Å². The van der Waals surface area contributed by atoms with E-state index in [-0.39, 0.29) is 5.91 Å². The molecule has 1 heterocycles. The first-order chi connectivity index (χ1) is 8.99. The molecule has 0 unspecified atom stereocenters. The quantitative estimate of drug-likeness (QED) is 0.819. The first kappa shape index (κ1) is 14.3. The van der Waals surface area contributed by atoms with Crippen LogP contribution in [0.5, 0.6) is 0 Å². The number of carbonyl (C=O) groups is 1. The monoisotopic (exact) mass is 337 g/mol. The Hall–Kier alpha value is -1.13. The van der Waals surface area contributed by atoms with Gasteiger partial charge >= 0.3 is 0 Å². The molecule has 0 fully saturated rings. The predicted molar refractivity (Wildman–Crippen MR) is 85.2 cm³/mol. The molecule has 4 heteroatoms. The van der Waals surface area contributed by atoms with E-state index in [9.17, 15) is 4.79 Å². The molecule has 2 nitrogen and oxygen atoms in total. The van der Waals surface area contributed by atoms with Gasteiger partial charge in [-0.2, -0.15) is 0 Å². The topological polar surface area (TPSA) is 29.1 Å². The summed E-state index contributed by atoms with van der Waals surface area (Å²) in [7, 11) is 0. The minimum Gasteiger partial charge on any atom is -0.321 e. The van der Waals surface area contributed by atoms with Crippen LogP contribution in [-0.2, 0) is 0 Å². The van der Waals surface area contributed by atoms with E-state index in [4.69, 9.17) is 0 Å². The summed E-state index contributed by atoms with van der Waals surface area (Å²) < 4.78 is 1.01. The highest BCUT2D eigenvalue weighted by Crippen LogP contribution is 2.29. The van der Waals surface area contributed by atoms with E-state index < -0.39 is 0 Å². The number of aryl methyl sites for hydroxylation is 1. The summed E-state index contributed by atoms with van der Waals surface area (Å²) in [5, 5.41) is 3.00. The molecule has 0 atom stereocenters. The van der Waals surface area contributed by atoms with Gasteiger partial charge in [0, 0.05) is 5.69 Å². The second-order valence-corrected chi connectivity index (χ2v) is 7.13. The van der Waals surface area contributed by atoms with Gasteiger partial charge in [0.2, 0.25) is 0 Å². The number of halogens is 1. The van der Waals surface area contributed by atoms with Gasteiger partial charge in [0.1, 0.15) is 0 Å². The number of thiophene rings is 1. The molecular weight excluding hydrogens is 322 g/mol. The molecule has 0 bridgehead atoms. The summed E-state index contributed by atoms with van der Waals surface area (Å²) in [6.07, 6.45) is 0. The van der Waals surface area contributed by atoms with E-state index in [2.05, 4.69) is 41.2 Å². The molecule has 2 rings (SSSR count). The molecule has 0 saturated heterocycles.